The van der Waals surface area contributed by atoms with Crippen molar-refractivity contribution in [2.75, 3.05) is 35.8 Å². The number of hydrogen-bond donors (Lipinski definition) is 2. The Balaban J connectivity index is 1.38. The molecular weight excluding hydrogens is 591 g/mol. The van der Waals surface area contributed by atoms with Crippen LogP contribution in [0.3, 0.4) is 0 Å². The fourth-order valence-electron chi connectivity index (χ4n) is 5.59. The molecule has 5 rings (SSSR count). The number of nitrogens with zero attached hydrogens (tertiary/aromatic N) is 2. The first-order valence-electron chi connectivity index (χ1n) is 15.1. The van der Waals surface area contributed by atoms with Gasteiger partial charge in [-0.25, -0.2) is 12.8 Å². The Hall–Kier alpha value is -4.70. The van der Waals surface area contributed by atoms with Crippen LogP contribution in [0, 0.1) is 5.82 Å². The van der Waals surface area contributed by atoms with Gasteiger partial charge in [-0.2, -0.15) is 0 Å². The predicted molar refractivity (Wildman–Crippen MR) is 174 cm³/mol. The van der Waals surface area contributed by atoms with Gasteiger partial charge in [0.15, 0.2) is 0 Å². The predicted octanol–water partition coefficient (Wildman–Crippen LogP) is 5.79. The van der Waals surface area contributed by atoms with E-state index in [4.69, 9.17) is 0 Å². The molecule has 1 heterocycles. The fraction of sp³-hybridized carbons (Fsp3) is 0.257. The van der Waals surface area contributed by atoms with Crippen LogP contribution in [-0.4, -0.2) is 51.3 Å². The third-order valence-electron chi connectivity index (χ3n) is 7.97. The fourth-order valence-corrected chi connectivity index (χ4v) is 6.66. The number of benzene rings is 4. The van der Waals surface area contributed by atoms with E-state index in [1.54, 1.807) is 42.5 Å². The van der Waals surface area contributed by atoms with E-state index in [2.05, 4.69) is 14.9 Å². The quantitative estimate of drug-likeness (QED) is 0.232. The smallest absolute Gasteiger partial charge is 0.261 e. The average Bonchev–Trinajstić information content (AvgIpc) is 3.32. The topological polar surface area (TPSA) is 98.8 Å². The zero-order valence-electron chi connectivity index (χ0n) is 25.2. The number of rotatable bonds is 10. The normalized spacial score (nSPS) is 14.4. The first-order valence-corrected chi connectivity index (χ1v) is 16.6. The highest BCUT2D eigenvalue weighted by Crippen LogP contribution is 2.29. The van der Waals surface area contributed by atoms with Crippen molar-refractivity contribution in [2.24, 2.45) is 0 Å². The molecule has 1 aliphatic heterocycles. The third-order valence-corrected chi connectivity index (χ3v) is 9.37. The molecule has 4 aromatic rings. The SMILES string of the molecule is CCC(C(=O)N1CCCN(c2ccc(NS(=O)(=O)c3ccccc3)cc2C(=O)NCc2ccc(F)cc2)CC1)c1ccccc1. The molecule has 0 saturated carbocycles. The molecule has 45 heavy (non-hydrogen) atoms. The lowest BCUT2D eigenvalue weighted by Crippen LogP contribution is -2.38. The van der Waals surface area contributed by atoms with E-state index in [0.29, 0.717) is 50.3 Å². The molecule has 0 bridgehead atoms. The Kier molecular flexibility index (Phi) is 10.1. The van der Waals surface area contributed by atoms with Gasteiger partial charge in [0.2, 0.25) is 5.91 Å². The molecule has 0 aliphatic carbocycles. The lowest BCUT2D eigenvalue weighted by atomic mass is 9.95. The first-order chi connectivity index (χ1) is 21.7. The van der Waals surface area contributed by atoms with Gasteiger partial charge >= 0.3 is 0 Å². The minimum Gasteiger partial charge on any atom is -0.369 e. The Labute approximate surface area is 263 Å². The van der Waals surface area contributed by atoms with Crippen molar-refractivity contribution in [1.82, 2.24) is 10.2 Å². The summed E-state index contributed by atoms with van der Waals surface area (Å²) in [6, 6.07) is 28.6. The summed E-state index contributed by atoms with van der Waals surface area (Å²) in [5.41, 5.74) is 2.90. The molecule has 8 nitrogen and oxygen atoms in total. The number of hydrogen-bond acceptors (Lipinski definition) is 5. The summed E-state index contributed by atoms with van der Waals surface area (Å²) in [6.07, 6.45) is 1.40. The van der Waals surface area contributed by atoms with Gasteiger partial charge in [-0.3, -0.25) is 14.3 Å². The molecule has 2 N–H and O–H groups in total. The Morgan fingerprint density at radius 3 is 2.22 bits per heavy atom. The summed E-state index contributed by atoms with van der Waals surface area (Å²) in [6.45, 7) is 4.38. The first kappa shape index (κ1) is 31.7. The molecule has 0 spiro atoms. The highest BCUT2D eigenvalue weighted by atomic mass is 32.2. The maximum absolute atomic E-state index is 13.6. The summed E-state index contributed by atoms with van der Waals surface area (Å²) < 4.78 is 42.1. The van der Waals surface area contributed by atoms with Crippen molar-refractivity contribution in [3.8, 4) is 0 Å². The molecule has 234 valence electrons. The number of halogens is 1. The van der Waals surface area contributed by atoms with E-state index >= 15 is 0 Å². The molecule has 4 aromatic carbocycles. The number of sulfonamides is 1. The van der Waals surface area contributed by atoms with Crippen molar-refractivity contribution in [2.45, 2.75) is 37.1 Å². The summed E-state index contributed by atoms with van der Waals surface area (Å²) in [5, 5.41) is 2.89. The third kappa shape index (κ3) is 7.88. The summed E-state index contributed by atoms with van der Waals surface area (Å²) >= 11 is 0. The molecule has 1 unspecified atom stereocenters. The summed E-state index contributed by atoms with van der Waals surface area (Å²) in [4.78, 5) is 31.3. The Morgan fingerprint density at radius 2 is 1.53 bits per heavy atom. The van der Waals surface area contributed by atoms with Gasteiger partial charge < -0.3 is 15.1 Å². The zero-order chi connectivity index (χ0) is 31.8. The Morgan fingerprint density at radius 1 is 0.844 bits per heavy atom. The molecule has 1 saturated heterocycles. The minimum atomic E-state index is -3.88. The lowest BCUT2D eigenvalue weighted by molar-refractivity contribution is -0.132. The van der Waals surface area contributed by atoms with Crippen LogP contribution in [0.4, 0.5) is 15.8 Å². The van der Waals surface area contributed by atoms with Crippen LogP contribution in [0.25, 0.3) is 0 Å². The van der Waals surface area contributed by atoms with Gasteiger partial charge in [-0.05, 0) is 66.4 Å². The van der Waals surface area contributed by atoms with Gasteiger partial charge in [0.1, 0.15) is 5.82 Å². The van der Waals surface area contributed by atoms with Crippen LogP contribution in [0.1, 0.15) is 47.2 Å². The second-order valence-corrected chi connectivity index (χ2v) is 12.7. The van der Waals surface area contributed by atoms with E-state index in [1.165, 1.54) is 30.3 Å². The van der Waals surface area contributed by atoms with Crippen molar-refractivity contribution < 1.29 is 22.4 Å². The van der Waals surface area contributed by atoms with Crippen LogP contribution in [-0.2, 0) is 21.4 Å². The summed E-state index contributed by atoms with van der Waals surface area (Å²) in [5.74, 6) is -0.896. The zero-order valence-corrected chi connectivity index (χ0v) is 26.0. The molecule has 10 heteroatoms. The molecule has 1 atom stereocenters. The lowest BCUT2D eigenvalue weighted by Gasteiger charge is -2.28. The second-order valence-electron chi connectivity index (χ2n) is 11.0. The van der Waals surface area contributed by atoms with E-state index < -0.39 is 15.9 Å². The van der Waals surface area contributed by atoms with Crippen molar-refractivity contribution in [3.05, 3.63) is 126 Å². The van der Waals surface area contributed by atoms with Gasteiger partial charge in [-0.15, -0.1) is 0 Å². The second kappa shape index (κ2) is 14.4. The molecule has 0 radical (unpaired) electrons. The highest BCUT2D eigenvalue weighted by molar-refractivity contribution is 7.92. The average molecular weight is 629 g/mol. The maximum atomic E-state index is 13.6. The van der Waals surface area contributed by atoms with Crippen LogP contribution < -0.4 is 14.9 Å². The standard InChI is InChI=1S/C35H37FN4O4S/c1-2-31(27-10-5-3-6-11-27)35(42)40-21-9-20-39(22-23-40)33-19-18-29(38-45(43,44)30-12-7-4-8-13-30)24-32(33)34(41)37-25-26-14-16-28(36)17-15-26/h3-8,10-19,24,31,38H,2,9,20-23,25H2,1H3,(H,37,41). The molecule has 0 aromatic heterocycles. The van der Waals surface area contributed by atoms with Gasteiger partial charge in [-0.1, -0.05) is 67.6 Å². The van der Waals surface area contributed by atoms with Crippen molar-refractivity contribution in [3.63, 3.8) is 0 Å². The molecular formula is C35H37FN4O4S. The van der Waals surface area contributed by atoms with E-state index in [-0.39, 0.29) is 34.8 Å². The molecule has 1 fully saturated rings. The molecule has 2 amide bonds. The van der Waals surface area contributed by atoms with E-state index in [9.17, 15) is 22.4 Å². The Bertz CT molecular complexity index is 1720. The van der Waals surface area contributed by atoms with E-state index in [1.807, 2.05) is 42.2 Å². The summed E-state index contributed by atoms with van der Waals surface area (Å²) in [7, 11) is -3.88. The number of carbonyl (C=O) groups excluding carboxylic acids is 2. The van der Waals surface area contributed by atoms with E-state index in [0.717, 1.165) is 11.1 Å². The van der Waals surface area contributed by atoms with Crippen molar-refractivity contribution >= 4 is 33.2 Å². The number of carbonyl (C=O) groups is 2. The largest absolute Gasteiger partial charge is 0.369 e. The molecule has 1 aliphatic rings. The number of nitrogens with one attached hydrogen (secondary N) is 2. The van der Waals surface area contributed by atoms with Gasteiger partial charge in [0.25, 0.3) is 15.9 Å². The maximum Gasteiger partial charge on any atom is 0.261 e. The van der Waals surface area contributed by atoms with Crippen LogP contribution in [0.15, 0.2) is 108 Å². The van der Waals surface area contributed by atoms with Crippen LogP contribution >= 0.6 is 0 Å². The monoisotopic (exact) mass is 628 g/mol. The number of amides is 2. The van der Waals surface area contributed by atoms with Gasteiger partial charge in [0.05, 0.1) is 16.4 Å². The van der Waals surface area contributed by atoms with Crippen LogP contribution in [0.2, 0.25) is 0 Å². The highest BCUT2D eigenvalue weighted by Gasteiger charge is 2.28. The van der Waals surface area contributed by atoms with Gasteiger partial charge in [0, 0.05) is 44.1 Å². The minimum absolute atomic E-state index is 0.0912. The number of anilines is 2. The van der Waals surface area contributed by atoms with Crippen molar-refractivity contribution in [1.29, 1.82) is 0 Å². The van der Waals surface area contributed by atoms with Crippen LogP contribution in [0.5, 0.6) is 0 Å².